The molecule has 0 amide bonds. The van der Waals surface area contributed by atoms with E-state index in [2.05, 4.69) is 159 Å². The van der Waals surface area contributed by atoms with Crippen LogP contribution in [0.25, 0.3) is 78.8 Å². The average Bonchev–Trinajstić information content (AvgIpc) is 3.27. The van der Waals surface area contributed by atoms with Crippen LogP contribution in [0.5, 0.6) is 0 Å². The van der Waals surface area contributed by atoms with Crippen LogP contribution in [0.3, 0.4) is 0 Å². The fourth-order valence-electron chi connectivity index (χ4n) is 8.04. The van der Waals surface area contributed by atoms with E-state index in [1.54, 1.807) is 0 Å². The van der Waals surface area contributed by atoms with E-state index in [0.717, 1.165) is 103 Å². The number of nitrogens with zero attached hydrogens (tertiary/aromatic N) is 5. The summed E-state index contributed by atoms with van der Waals surface area (Å²) in [6.07, 6.45) is 5.91. The number of aromatic nitrogens is 5. The normalized spacial score (nSPS) is 13.1. The molecule has 0 bridgehead atoms. The zero-order chi connectivity index (χ0) is 37.8. The van der Waals surface area contributed by atoms with Gasteiger partial charge in [0, 0.05) is 56.2 Å². The zero-order valence-corrected chi connectivity index (χ0v) is 31.9. The van der Waals surface area contributed by atoms with Crippen molar-refractivity contribution in [3.8, 4) is 78.8 Å². The molecule has 9 rings (SSSR count). The molecule has 0 N–H and O–H groups in total. The van der Waals surface area contributed by atoms with Gasteiger partial charge in [-0.3, -0.25) is 4.98 Å². The van der Waals surface area contributed by atoms with Gasteiger partial charge >= 0.3 is 0 Å². The highest BCUT2D eigenvalue weighted by Gasteiger charge is 2.26. The minimum atomic E-state index is 0.339. The monoisotopic (exact) mass is 725 g/mol. The van der Waals surface area contributed by atoms with Crippen LogP contribution in [-0.4, -0.2) is 24.9 Å². The van der Waals surface area contributed by atoms with E-state index < -0.39 is 0 Å². The quantitative estimate of drug-likeness (QED) is 0.156. The standard InChI is InChI=1S/C51H43N5/c1-34-29-30-44(35(2)52-34)40-25-15-26-41(31-40)46-33-45(36-17-7-3-8-18-36)53-51(54-46)43-28-16-27-42(32-43)50-49(39-23-13-6-14-24-39)55-47(37-19-9-4-10-20-37)48(56-50)38-21-11-5-12-22-38/h3-5,7-12,15-22,25-33,39H,6,13-14,23-24H2,1-2H3. The SMILES string of the molecule is Cc1ccc(-c2cccc(-c3cc(-c4ccccc4)nc(-c4cccc(-c5nc(-c6ccccc6)c(-c6ccccc6)nc5C5CCCCC5)c4)n3)c2)c(C)n1. The van der Waals surface area contributed by atoms with E-state index in [1.165, 1.54) is 19.3 Å². The van der Waals surface area contributed by atoms with E-state index in [0.29, 0.717) is 11.7 Å². The van der Waals surface area contributed by atoms with Crippen molar-refractivity contribution in [1.29, 1.82) is 0 Å². The Morgan fingerprint density at radius 3 is 1.59 bits per heavy atom. The lowest BCUT2D eigenvalue weighted by atomic mass is 9.84. The molecule has 0 spiro atoms. The Morgan fingerprint density at radius 2 is 0.929 bits per heavy atom. The van der Waals surface area contributed by atoms with Crippen LogP contribution >= 0.6 is 0 Å². The Morgan fingerprint density at radius 1 is 0.393 bits per heavy atom. The Bertz CT molecular complexity index is 2630. The number of hydrogen-bond acceptors (Lipinski definition) is 5. The molecule has 5 nitrogen and oxygen atoms in total. The molecule has 1 saturated carbocycles. The Labute approximate surface area is 329 Å². The number of aryl methyl sites for hydroxylation is 2. The maximum Gasteiger partial charge on any atom is 0.160 e. The highest BCUT2D eigenvalue weighted by Crippen LogP contribution is 2.41. The smallest absolute Gasteiger partial charge is 0.160 e. The summed E-state index contributed by atoms with van der Waals surface area (Å²) in [4.78, 5) is 26.4. The number of hydrogen-bond donors (Lipinski definition) is 0. The van der Waals surface area contributed by atoms with Gasteiger partial charge in [0.25, 0.3) is 0 Å². The van der Waals surface area contributed by atoms with Crippen molar-refractivity contribution in [2.75, 3.05) is 0 Å². The number of pyridine rings is 1. The van der Waals surface area contributed by atoms with Gasteiger partial charge in [-0.15, -0.1) is 0 Å². The molecule has 0 atom stereocenters. The molecule has 56 heavy (non-hydrogen) atoms. The lowest BCUT2D eigenvalue weighted by molar-refractivity contribution is 0.437. The van der Waals surface area contributed by atoms with Crippen molar-refractivity contribution in [2.45, 2.75) is 51.9 Å². The Kier molecular flexibility index (Phi) is 9.81. The molecule has 3 aromatic heterocycles. The first-order chi connectivity index (χ1) is 27.6. The minimum Gasteiger partial charge on any atom is -0.258 e. The molecule has 272 valence electrons. The van der Waals surface area contributed by atoms with E-state index >= 15 is 0 Å². The van der Waals surface area contributed by atoms with Crippen molar-refractivity contribution < 1.29 is 0 Å². The first-order valence-corrected chi connectivity index (χ1v) is 19.7. The average molecular weight is 726 g/mol. The minimum absolute atomic E-state index is 0.339. The van der Waals surface area contributed by atoms with Crippen molar-refractivity contribution in [3.05, 3.63) is 175 Å². The van der Waals surface area contributed by atoms with Gasteiger partial charge in [0.1, 0.15) is 0 Å². The summed E-state index contributed by atoms with van der Waals surface area (Å²) in [7, 11) is 0. The van der Waals surface area contributed by atoms with Crippen molar-refractivity contribution in [2.24, 2.45) is 0 Å². The van der Waals surface area contributed by atoms with Gasteiger partial charge in [-0.1, -0.05) is 153 Å². The summed E-state index contributed by atoms with van der Waals surface area (Å²) < 4.78 is 0. The Balaban J connectivity index is 1.21. The molecule has 8 aromatic rings. The molecule has 5 aromatic carbocycles. The van der Waals surface area contributed by atoms with Crippen molar-refractivity contribution in [1.82, 2.24) is 24.9 Å². The molecule has 1 fully saturated rings. The lowest BCUT2D eigenvalue weighted by Gasteiger charge is -2.25. The van der Waals surface area contributed by atoms with Crippen LogP contribution in [0.15, 0.2) is 158 Å². The molecule has 1 aliphatic carbocycles. The van der Waals surface area contributed by atoms with Gasteiger partial charge < -0.3 is 0 Å². The van der Waals surface area contributed by atoms with E-state index in [-0.39, 0.29) is 0 Å². The van der Waals surface area contributed by atoms with Crippen LogP contribution in [0.2, 0.25) is 0 Å². The molecular weight excluding hydrogens is 683 g/mol. The molecule has 5 heteroatoms. The lowest BCUT2D eigenvalue weighted by Crippen LogP contribution is -2.11. The van der Waals surface area contributed by atoms with Crippen LogP contribution in [0.1, 0.15) is 55.1 Å². The van der Waals surface area contributed by atoms with Crippen LogP contribution in [0, 0.1) is 13.8 Å². The number of benzene rings is 5. The van der Waals surface area contributed by atoms with E-state index in [9.17, 15) is 0 Å². The first-order valence-electron chi connectivity index (χ1n) is 19.7. The molecular formula is C51H43N5. The van der Waals surface area contributed by atoms with Crippen LogP contribution in [-0.2, 0) is 0 Å². The summed E-state index contributed by atoms with van der Waals surface area (Å²) in [6.45, 7) is 4.10. The predicted molar refractivity (Wildman–Crippen MR) is 229 cm³/mol. The largest absolute Gasteiger partial charge is 0.258 e. The van der Waals surface area contributed by atoms with Crippen LogP contribution in [0.4, 0.5) is 0 Å². The molecule has 0 radical (unpaired) electrons. The van der Waals surface area contributed by atoms with Gasteiger partial charge in [-0.2, -0.15) is 0 Å². The molecule has 0 saturated heterocycles. The first kappa shape index (κ1) is 35.1. The summed E-state index contributed by atoms with van der Waals surface area (Å²) in [6, 6.07) is 54.8. The van der Waals surface area contributed by atoms with Gasteiger partial charge in [-0.25, -0.2) is 19.9 Å². The van der Waals surface area contributed by atoms with Crippen molar-refractivity contribution >= 4 is 0 Å². The second-order valence-corrected chi connectivity index (χ2v) is 14.8. The fraction of sp³-hybridized carbons (Fsp3) is 0.157. The van der Waals surface area contributed by atoms with Gasteiger partial charge in [-0.05, 0) is 56.5 Å². The van der Waals surface area contributed by atoms with Crippen molar-refractivity contribution in [3.63, 3.8) is 0 Å². The van der Waals surface area contributed by atoms with Gasteiger partial charge in [0.05, 0.1) is 34.2 Å². The predicted octanol–water partition coefficient (Wildman–Crippen LogP) is 13.0. The second kappa shape index (κ2) is 15.6. The molecule has 0 unspecified atom stereocenters. The third kappa shape index (κ3) is 7.28. The fourth-order valence-corrected chi connectivity index (χ4v) is 8.04. The number of rotatable bonds is 8. The maximum absolute atomic E-state index is 5.58. The van der Waals surface area contributed by atoms with Gasteiger partial charge in [0.15, 0.2) is 5.82 Å². The molecule has 1 aliphatic rings. The third-order valence-electron chi connectivity index (χ3n) is 10.9. The maximum atomic E-state index is 5.58. The molecule has 0 aliphatic heterocycles. The summed E-state index contributed by atoms with van der Waals surface area (Å²) in [5.41, 5.74) is 16.0. The van der Waals surface area contributed by atoms with E-state index in [4.69, 9.17) is 24.9 Å². The van der Waals surface area contributed by atoms with Gasteiger partial charge in [0.2, 0.25) is 0 Å². The zero-order valence-electron chi connectivity index (χ0n) is 31.9. The summed E-state index contributed by atoms with van der Waals surface area (Å²) in [5, 5.41) is 0. The Hall–Kier alpha value is -6.59. The summed E-state index contributed by atoms with van der Waals surface area (Å²) >= 11 is 0. The van der Waals surface area contributed by atoms with Crippen LogP contribution < -0.4 is 0 Å². The highest BCUT2D eigenvalue weighted by molar-refractivity contribution is 5.82. The molecule has 3 heterocycles. The second-order valence-electron chi connectivity index (χ2n) is 14.8. The summed E-state index contributed by atoms with van der Waals surface area (Å²) in [5.74, 6) is 1.00. The van der Waals surface area contributed by atoms with E-state index in [1.807, 2.05) is 13.0 Å². The third-order valence-corrected chi connectivity index (χ3v) is 10.9. The topological polar surface area (TPSA) is 64.5 Å². The highest BCUT2D eigenvalue weighted by atomic mass is 14.9.